The van der Waals surface area contributed by atoms with Crippen LogP contribution in [-0.2, 0) is 0 Å². The van der Waals surface area contributed by atoms with Crippen molar-refractivity contribution in [3.63, 3.8) is 0 Å². The lowest BCUT2D eigenvalue weighted by atomic mass is 10.0. The fourth-order valence-electron chi connectivity index (χ4n) is 1.80. The lowest BCUT2D eigenvalue weighted by molar-refractivity contribution is 0.148. The summed E-state index contributed by atoms with van der Waals surface area (Å²) in [5.41, 5.74) is 0.103. The monoisotopic (exact) mass is 260 g/mol. The second-order valence-electron chi connectivity index (χ2n) is 4.72. The molecule has 1 atom stereocenters. The number of carboxylic acid groups (broad SMARTS) is 1. The van der Waals surface area contributed by atoms with Crippen molar-refractivity contribution in [2.24, 2.45) is 0 Å². The van der Waals surface area contributed by atoms with Crippen molar-refractivity contribution >= 4 is 17.7 Å². The standard InChI is InChI=1S/C11H17ClN2O3/c1-11(2,3)14-8(6-15)7(13-10(16)17)4-5-9(14)12/h4-5,9,13,15H,6H2,1-3H3,(H,16,17). The molecule has 0 aromatic heterocycles. The van der Waals surface area contributed by atoms with Crippen LogP contribution in [0.1, 0.15) is 20.8 Å². The number of hydrogen-bond donors (Lipinski definition) is 3. The zero-order valence-electron chi connectivity index (χ0n) is 10.1. The van der Waals surface area contributed by atoms with Crippen LogP contribution in [0.25, 0.3) is 0 Å². The first kappa shape index (κ1) is 13.9. The molecule has 0 aromatic rings. The van der Waals surface area contributed by atoms with Crippen LogP contribution in [-0.4, -0.2) is 38.9 Å². The van der Waals surface area contributed by atoms with Gasteiger partial charge in [0, 0.05) is 5.54 Å². The van der Waals surface area contributed by atoms with E-state index in [2.05, 4.69) is 5.32 Å². The van der Waals surface area contributed by atoms with Gasteiger partial charge in [-0.25, -0.2) is 4.79 Å². The molecule has 0 saturated carbocycles. The molecule has 17 heavy (non-hydrogen) atoms. The van der Waals surface area contributed by atoms with Gasteiger partial charge in [0.2, 0.25) is 0 Å². The van der Waals surface area contributed by atoms with Crippen LogP contribution >= 0.6 is 11.6 Å². The van der Waals surface area contributed by atoms with Crippen LogP contribution < -0.4 is 5.32 Å². The smallest absolute Gasteiger partial charge is 0.409 e. The van der Waals surface area contributed by atoms with Crippen molar-refractivity contribution in [3.8, 4) is 0 Å². The first-order valence-corrected chi connectivity index (χ1v) is 5.66. The Bertz CT molecular complexity index is 371. The Labute approximate surface area is 105 Å². The highest BCUT2D eigenvalue weighted by Gasteiger charge is 2.32. The Morgan fingerprint density at radius 3 is 2.59 bits per heavy atom. The molecule has 6 heteroatoms. The molecule has 1 unspecified atom stereocenters. The van der Waals surface area contributed by atoms with Crippen molar-refractivity contribution in [2.45, 2.75) is 31.8 Å². The maximum absolute atomic E-state index is 10.7. The minimum atomic E-state index is -1.17. The van der Waals surface area contributed by atoms with E-state index in [1.807, 2.05) is 20.8 Å². The van der Waals surface area contributed by atoms with Gasteiger partial charge >= 0.3 is 6.09 Å². The highest BCUT2D eigenvalue weighted by molar-refractivity contribution is 6.21. The van der Waals surface area contributed by atoms with E-state index < -0.39 is 11.6 Å². The lowest BCUT2D eigenvalue weighted by Gasteiger charge is -2.43. The molecule has 0 aromatic carbocycles. The topological polar surface area (TPSA) is 72.8 Å². The molecule has 0 bridgehead atoms. The summed E-state index contributed by atoms with van der Waals surface area (Å²) in [6.45, 7) is 5.54. The third-order valence-electron chi connectivity index (χ3n) is 2.38. The van der Waals surface area contributed by atoms with Gasteiger partial charge in [0.1, 0.15) is 5.50 Å². The van der Waals surface area contributed by atoms with Crippen molar-refractivity contribution in [1.82, 2.24) is 10.2 Å². The highest BCUT2D eigenvalue weighted by Crippen LogP contribution is 2.30. The highest BCUT2D eigenvalue weighted by atomic mass is 35.5. The van der Waals surface area contributed by atoms with Crippen LogP contribution in [0.3, 0.4) is 0 Å². The fourth-order valence-corrected chi connectivity index (χ4v) is 2.29. The summed E-state index contributed by atoms with van der Waals surface area (Å²) in [6, 6.07) is 0. The summed E-state index contributed by atoms with van der Waals surface area (Å²) >= 11 is 6.16. The average Bonchev–Trinajstić information content (AvgIpc) is 2.17. The van der Waals surface area contributed by atoms with E-state index in [-0.39, 0.29) is 12.1 Å². The number of aliphatic hydroxyl groups is 1. The molecule has 96 valence electrons. The van der Waals surface area contributed by atoms with Crippen molar-refractivity contribution in [1.29, 1.82) is 0 Å². The van der Waals surface area contributed by atoms with Gasteiger partial charge in [0.15, 0.2) is 0 Å². The zero-order chi connectivity index (χ0) is 13.2. The van der Waals surface area contributed by atoms with Crippen molar-refractivity contribution in [3.05, 3.63) is 23.5 Å². The maximum atomic E-state index is 10.7. The second-order valence-corrected chi connectivity index (χ2v) is 5.17. The lowest BCUT2D eigenvalue weighted by Crippen LogP contribution is -2.48. The third kappa shape index (κ3) is 3.14. The second kappa shape index (κ2) is 4.98. The molecule has 1 aliphatic heterocycles. The number of aliphatic hydroxyl groups excluding tert-OH is 1. The third-order valence-corrected chi connectivity index (χ3v) is 2.72. The maximum Gasteiger partial charge on any atom is 0.409 e. The molecule has 3 N–H and O–H groups in total. The van der Waals surface area contributed by atoms with E-state index in [0.29, 0.717) is 11.4 Å². The number of rotatable bonds is 2. The number of allylic oxidation sites excluding steroid dienone is 1. The quantitative estimate of drug-likeness (QED) is 0.522. The molecule has 1 amide bonds. The largest absolute Gasteiger partial charge is 0.465 e. The number of amides is 1. The summed E-state index contributed by atoms with van der Waals surface area (Å²) in [5.74, 6) is 0. The molecule has 0 radical (unpaired) electrons. The Morgan fingerprint density at radius 2 is 2.18 bits per heavy atom. The first-order valence-electron chi connectivity index (χ1n) is 5.23. The fraction of sp³-hybridized carbons (Fsp3) is 0.545. The number of hydrogen-bond acceptors (Lipinski definition) is 3. The van der Waals surface area contributed by atoms with Gasteiger partial charge in [-0.2, -0.15) is 0 Å². The van der Waals surface area contributed by atoms with Crippen molar-refractivity contribution in [2.75, 3.05) is 6.61 Å². The number of nitrogens with zero attached hydrogens (tertiary/aromatic N) is 1. The van der Waals surface area contributed by atoms with Crippen molar-refractivity contribution < 1.29 is 15.0 Å². The molecule has 0 fully saturated rings. The minimum absolute atomic E-state index is 0.277. The van der Waals surface area contributed by atoms with E-state index in [0.717, 1.165) is 0 Å². The molecular formula is C11H17ClN2O3. The van der Waals surface area contributed by atoms with Crippen LogP contribution in [0.4, 0.5) is 4.79 Å². The Hall–Kier alpha value is -1.20. The molecule has 1 aliphatic rings. The van der Waals surface area contributed by atoms with Gasteiger partial charge in [-0.05, 0) is 32.9 Å². The van der Waals surface area contributed by atoms with Gasteiger partial charge in [-0.15, -0.1) is 0 Å². The van der Waals surface area contributed by atoms with E-state index in [1.54, 1.807) is 17.1 Å². The van der Waals surface area contributed by atoms with E-state index in [9.17, 15) is 9.90 Å². The number of alkyl halides is 1. The SMILES string of the molecule is CC(C)(C)N1C(CO)=C(NC(=O)O)C=CC1Cl. The molecule has 1 heterocycles. The zero-order valence-corrected chi connectivity index (χ0v) is 10.8. The van der Waals surface area contributed by atoms with Crippen LogP contribution in [0.15, 0.2) is 23.5 Å². The molecule has 5 nitrogen and oxygen atoms in total. The summed E-state index contributed by atoms with van der Waals surface area (Å²) in [6.07, 6.45) is 2.08. The molecule has 1 rings (SSSR count). The normalized spacial score (nSPS) is 20.8. The van der Waals surface area contributed by atoms with E-state index >= 15 is 0 Å². The van der Waals surface area contributed by atoms with Gasteiger partial charge in [0.25, 0.3) is 0 Å². The van der Waals surface area contributed by atoms with Gasteiger partial charge < -0.3 is 15.1 Å². The Kier molecular flexibility index (Phi) is 4.06. The van der Waals surface area contributed by atoms with Crippen LogP contribution in [0.2, 0.25) is 0 Å². The van der Waals surface area contributed by atoms with Gasteiger partial charge in [-0.3, -0.25) is 5.32 Å². The minimum Gasteiger partial charge on any atom is -0.465 e. The van der Waals surface area contributed by atoms with E-state index in [1.165, 1.54) is 0 Å². The summed E-state index contributed by atoms with van der Waals surface area (Å²) < 4.78 is 0. The van der Waals surface area contributed by atoms with Gasteiger partial charge in [0.05, 0.1) is 18.0 Å². The van der Waals surface area contributed by atoms with Gasteiger partial charge in [-0.1, -0.05) is 11.6 Å². The molecule has 0 spiro atoms. The first-order chi connectivity index (χ1) is 7.77. The predicted octanol–water partition coefficient (Wildman–Crippen LogP) is 1.69. The number of carbonyl (C=O) groups is 1. The van der Waals surface area contributed by atoms with Crippen LogP contribution in [0, 0.1) is 0 Å². The molecule has 0 aliphatic carbocycles. The molecular weight excluding hydrogens is 244 g/mol. The number of halogens is 1. The molecule has 0 saturated heterocycles. The predicted molar refractivity (Wildman–Crippen MR) is 65.6 cm³/mol. The summed E-state index contributed by atoms with van der Waals surface area (Å²) in [7, 11) is 0. The summed E-state index contributed by atoms with van der Waals surface area (Å²) in [5, 5.41) is 20.4. The summed E-state index contributed by atoms with van der Waals surface area (Å²) in [4.78, 5) is 12.4. The average molecular weight is 261 g/mol. The Balaban J connectivity index is 3.16. The van der Waals surface area contributed by atoms with Crippen LogP contribution in [0.5, 0.6) is 0 Å². The number of nitrogens with one attached hydrogen (secondary N) is 1. The van der Waals surface area contributed by atoms with E-state index in [4.69, 9.17) is 16.7 Å². The Morgan fingerprint density at radius 1 is 1.59 bits per heavy atom.